The highest BCUT2D eigenvalue weighted by molar-refractivity contribution is 7.80. The molecule has 2 atom stereocenters. The molecule has 6 heteroatoms. The lowest BCUT2D eigenvalue weighted by Gasteiger charge is -2.29. The number of para-hydroxylation sites is 1. The lowest BCUT2D eigenvalue weighted by Crippen LogP contribution is -2.30. The summed E-state index contributed by atoms with van der Waals surface area (Å²) in [6.07, 6.45) is 7.65. The summed E-state index contributed by atoms with van der Waals surface area (Å²) in [5.74, 6) is 0. The molecule has 4 aromatic rings. The maximum absolute atomic E-state index is 5.81. The van der Waals surface area contributed by atoms with Gasteiger partial charge in [-0.25, -0.2) is 0 Å². The summed E-state index contributed by atoms with van der Waals surface area (Å²) in [4.78, 5) is 11.2. The molecule has 1 aliphatic heterocycles. The van der Waals surface area contributed by atoms with E-state index in [1.165, 1.54) is 16.9 Å². The lowest BCUT2D eigenvalue weighted by atomic mass is 10.0. The van der Waals surface area contributed by atoms with Crippen LogP contribution < -0.4 is 5.32 Å². The van der Waals surface area contributed by atoms with Crippen LogP contribution >= 0.6 is 12.2 Å². The van der Waals surface area contributed by atoms with Crippen LogP contribution in [0.4, 0.5) is 0 Å². The Morgan fingerprint density at radius 1 is 0.968 bits per heavy atom. The van der Waals surface area contributed by atoms with Crippen LogP contribution in [-0.2, 0) is 6.54 Å². The second kappa shape index (κ2) is 8.32. The van der Waals surface area contributed by atoms with Crippen LogP contribution in [0.5, 0.6) is 0 Å². The van der Waals surface area contributed by atoms with Gasteiger partial charge in [-0.05, 0) is 66.7 Å². The molecular formula is C25H23N5S. The second-order valence-corrected chi connectivity index (χ2v) is 8.09. The third-order valence-corrected chi connectivity index (χ3v) is 6.08. The maximum Gasteiger partial charge on any atom is 0.170 e. The normalized spacial score (nSPS) is 18.2. The van der Waals surface area contributed by atoms with Gasteiger partial charge in [0.15, 0.2) is 5.11 Å². The van der Waals surface area contributed by atoms with Crippen LogP contribution in [0, 0.1) is 6.92 Å². The van der Waals surface area contributed by atoms with Crippen molar-refractivity contribution in [3.05, 3.63) is 114 Å². The zero-order chi connectivity index (χ0) is 21.2. The Balaban J connectivity index is 1.62. The van der Waals surface area contributed by atoms with Gasteiger partial charge in [0, 0.05) is 42.7 Å². The summed E-state index contributed by atoms with van der Waals surface area (Å²) in [5.41, 5.74) is 5.65. The minimum atomic E-state index is -0.0527. The maximum atomic E-state index is 5.81. The van der Waals surface area contributed by atoms with Gasteiger partial charge in [-0.1, -0.05) is 30.3 Å². The summed E-state index contributed by atoms with van der Waals surface area (Å²) in [6, 6.07) is 22.7. The Hall–Kier alpha value is -3.51. The fraction of sp³-hybridized carbons (Fsp3) is 0.160. The molecule has 2 unspecified atom stereocenters. The quantitative estimate of drug-likeness (QED) is 0.468. The number of nitrogens with one attached hydrogen (secondary N) is 1. The summed E-state index contributed by atoms with van der Waals surface area (Å²) >= 11 is 5.81. The highest BCUT2D eigenvalue weighted by Gasteiger charge is 2.41. The molecule has 0 bridgehead atoms. The molecule has 0 aliphatic carbocycles. The number of aromatic nitrogens is 3. The van der Waals surface area contributed by atoms with E-state index in [2.05, 4.69) is 86.4 Å². The smallest absolute Gasteiger partial charge is 0.170 e. The summed E-state index contributed by atoms with van der Waals surface area (Å²) < 4.78 is 2.27. The monoisotopic (exact) mass is 425 g/mol. The molecule has 0 radical (unpaired) electrons. The van der Waals surface area contributed by atoms with E-state index in [4.69, 9.17) is 12.2 Å². The SMILES string of the molecule is Cc1ccccc1-n1cccc1C1C(c2ccccn2)NC(=S)N1Cc1cccnc1. The van der Waals surface area contributed by atoms with Crippen LogP contribution in [0.25, 0.3) is 5.69 Å². The van der Waals surface area contributed by atoms with Crippen LogP contribution in [0.3, 0.4) is 0 Å². The molecule has 154 valence electrons. The predicted octanol–water partition coefficient (Wildman–Crippen LogP) is 4.75. The first kappa shape index (κ1) is 19.5. The topological polar surface area (TPSA) is 46.0 Å². The minimum Gasteiger partial charge on any atom is -0.352 e. The molecular weight excluding hydrogens is 402 g/mol. The van der Waals surface area contributed by atoms with Gasteiger partial charge in [0.05, 0.1) is 17.8 Å². The zero-order valence-corrected chi connectivity index (χ0v) is 18.0. The highest BCUT2D eigenvalue weighted by atomic mass is 32.1. The first-order valence-electron chi connectivity index (χ1n) is 10.3. The molecule has 1 aromatic carbocycles. The van der Waals surface area contributed by atoms with Crippen molar-refractivity contribution in [2.24, 2.45) is 0 Å². The molecule has 0 saturated carbocycles. The van der Waals surface area contributed by atoms with Crippen LogP contribution in [0.15, 0.2) is 91.5 Å². The standard InChI is InChI=1S/C25H23N5S/c1-18-8-2-3-11-21(18)29-15-7-12-22(29)24-23(20-10-4-5-14-27-20)28-25(31)30(24)17-19-9-6-13-26-16-19/h2-16,23-24H,17H2,1H3,(H,28,31). The van der Waals surface area contributed by atoms with Gasteiger partial charge >= 0.3 is 0 Å². The molecule has 5 rings (SSSR count). The number of nitrogens with zero attached hydrogens (tertiary/aromatic N) is 4. The van der Waals surface area contributed by atoms with Crippen molar-refractivity contribution in [3.63, 3.8) is 0 Å². The molecule has 3 aromatic heterocycles. The van der Waals surface area contributed by atoms with Gasteiger partial charge < -0.3 is 14.8 Å². The molecule has 5 nitrogen and oxygen atoms in total. The highest BCUT2D eigenvalue weighted by Crippen LogP contribution is 2.40. The molecule has 1 aliphatic rings. The first-order valence-corrected chi connectivity index (χ1v) is 10.7. The Morgan fingerprint density at radius 2 is 1.84 bits per heavy atom. The third kappa shape index (κ3) is 3.70. The Labute approximate surface area is 187 Å². The zero-order valence-electron chi connectivity index (χ0n) is 17.2. The minimum absolute atomic E-state index is 0.0165. The number of pyridine rings is 2. The van der Waals surface area contributed by atoms with Gasteiger partial charge in [-0.3, -0.25) is 9.97 Å². The van der Waals surface area contributed by atoms with Gasteiger partial charge in [0.1, 0.15) is 0 Å². The van der Waals surface area contributed by atoms with Crippen LogP contribution in [0.2, 0.25) is 0 Å². The van der Waals surface area contributed by atoms with E-state index < -0.39 is 0 Å². The van der Waals surface area contributed by atoms with E-state index in [-0.39, 0.29) is 12.1 Å². The fourth-order valence-electron chi connectivity index (χ4n) is 4.27. The van der Waals surface area contributed by atoms with E-state index >= 15 is 0 Å². The van der Waals surface area contributed by atoms with Gasteiger partial charge in [-0.2, -0.15) is 0 Å². The number of benzene rings is 1. The predicted molar refractivity (Wildman–Crippen MR) is 126 cm³/mol. The van der Waals surface area contributed by atoms with Crippen molar-refractivity contribution in [3.8, 4) is 5.69 Å². The average molecular weight is 426 g/mol. The number of aryl methyl sites for hydroxylation is 1. The first-order chi connectivity index (χ1) is 15.2. The summed E-state index contributed by atoms with van der Waals surface area (Å²) in [6.45, 7) is 2.81. The van der Waals surface area contributed by atoms with Crippen molar-refractivity contribution < 1.29 is 0 Å². The number of hydrogen-bond donors (Lipinski definition) is 1. The fourth-order valence-corrected chi connectivity index (χ4v) is 4.58. The number of thiocarbonyl (C=S) groups is 1. The average Bonchev–Trinajstić information content (AvgIpc) is 3.40. The largest absolute Gasteiger partial charge is 0.352 e. The molecule has 4 heterocycles. The van der Waals surface area contributed by atoms with Gasteiger partial charge in [0.2, 0.25) is 0 Å². The Kier molecular flexibility index (Phi) is 5.22. The van der Waals surface area contributed by atoms with Crippen molar-refractivity contribution in [1.82, 2.24) is 24.8 Å². The number of rotatable bonds is 5. The van der Waals surface area contributed by atoms with E-state index in [1.807, 2.05) is 30.6 Å². The van der Waals surface area contributed by atoms with Gasteiger partial charge in [0.25, 0.3) is 0 Å². The summed E-state index contributed by atoms with van der Waals surface area (Å²) in [5, 5.41) is 4.26. The van der Waals surface area contributed by atoms with E-state index in [9.17, 15) is 0 Å². The second-order valence-electron chi connectivity index (χ2n) is 7.71. The van der Waals surface area contributed by atoms with Crippen LogP contribution in [0.1, 0.15) is 34.6 Å². The third-order valence-electron chi connectivity index (χ3n) is 5.73. The molecule has 31 heavy (non-hydrogen) atoms. The van der Waals surface area contributed by atoms with Crippen molar-refractivity contribution in [2.45, 2.75) is 25.6 Å². The summed E-state index contributed by atoms with van der Waals surface area (Å²) in [7, 11) is 0. The molecule has 1 fully saturated rings. The Bertz CT molecular complexity index is 1190. The van der Waals surface area contributed by atoms with Crippen LogP contribution in [-0.4, -0.2) is 24.5 Å². The van der Waals surface area contributed by atoms with Crippen molar-refractivity contribution >= 4 is 17.3 Å². The molecule has 1 saturated heterocycles. The number of hydrogen-bond acceptors (Lipinski definition) is 3. The van der Waals surface area contributed by atoms with E-state index in [1.54, 1.807) is 6.20 Å². The van der Waals surface area contributed by atoms with Crippen molar-refractivity contribution in [2.75, 3.05) is 0 Å². The molecule has 0 spiro atoms. The molecule has 1 N–H and O–H groups in total. The Morgan fingerprint density at radius 3 is 2.61 bits per heavy atom. The van der Waals surface area contributed by atoms with E-state index in [0.717, 1.165) is 16.4 Å². The van der Waals surface area contributed by atoms with Gasteiger partial charge in [-0.15, -0.1) is 0 Å². The lowest BCUT2D eigenvalue weighted by molar-refractivity contribution is 0.302. The van der Waals surface area contributed by atoms with E-state index in [0.29, 0.717) is 6.54 Å². The van der Waals surface area contributed by atoms with Crippen molar-refractivity contribution in [1.29, 1.82) is 0 Å². The molecule has 0 amide bonds.